The first-order valence-corrected chi connectivity index (χ1v) is 9.88. The number of pyridine rings is 1. The first-order valence-electron chi connectivity index (χ1n) is 9.88. The third-order valence-corrected chi connectivity index (χ3v) is 5.47. The van der Waals surface area contributed by atoms with Crippen molar-refractivity contribution in [1.29, 1.82) is 0 Å². The summed E-state index contributed by atoms with van der Waals surface area (Å²) in [5, 5.41) is 3.05. The zero-order chi connectivity index (χ0) is 18.6. The number of aromatic nitrogens is 1. The van der Waals surface area contributed by atoms with E-state index in [0.717, 1.165) is 31.6 Å². The Balaban J connectivity index is 1.32. The fourth-order valence-corrected chi connectivity index (χ4v) is 3.66. The number of nitrogens with one attached hydrogen (secondary N) is 1. The molecule has 1 unspecified atom stereocenters. The van der Waals surface area contributed by atoms with E-state index >= 15 is 0 Å². The Morgan fingerprint density at radius 3 is 2.81 bits per heavy atom. The highest BCUT2D eigenvalue weighted by molar-refractivity contribution is 5.75. The van der Waals surface area contributed by atoms with Crippen LogP contribution in [0.25, 0.3) is 0 Å². The lowest BCUT2D eigenvalue weighted by atomic mass is 9.99. The number of ether oxygens (including phenoxy) is 1. The molecule has 2 aromatic rings. The third kappa shape index (κ3) is 4.41. The van der Waals surface area contributed by atoms with Crippen LogP contribution in [0.2, 0.25) is 0 Å². The van der Waals surface area contributed by atoms with Crippen LogP contribution < -0.4 is 10.1 Å². The van der Waals surface area contributed by atoms with Crippen LogP contribution in [0.15, 0.2) is 42.6 Å². The minimum atomic E-state index is -0.00480. The van der Waals surface area contributed by atoms with Gasteiger partial charge >= 0.3 is 6.03 Å². The van der Waals surface area contributed by atoms with Gasteiger partial charge in [-0.15, -0.1) is 0 Å². The highest BCUT2D eigenvalue weighted by Gasteiger charge is 2.30. The van der Waals surface area contributed by atoms with Gasteiger partial charge in [-0.2, -0.15) is 0 Å². The predicted molar refractivity (Wildman–Crippen MR) is 105 cm³/mol. The summed E-state index contributed by atoms with van der Waals surface area (Å²) in [5.41, 5.74) is 3.48. The summed E-state index contributed by atoms with van der Waals surface area (Å²) in [6, 6.07) is 12.4. The molecule has 5 nitrogen and oxygen atoms in total. The number of aryl methyl sites for hydroxylation is 1. The first-order chi connectivity index (χ1) is 13.2. The molecule has 5 heteroatoms. The van der Waals surface area contributed by atoms with Gasteiger partial charge in [-0.3, -0.25) is 0 Å². The molecule has 27 heavy (non-hydrogen) atoms. The molecule has 0 bridgehead atoms. The van der Waals surface area contributed by atoms with Gasteiger partial charge in [0.1, 0.15) is 0 Å². The van der Waals surface area contributed by atoms with Gasteiger partial charge in [0.15, 0.2) is 0 Å². The number of nitrogens with zero attached hydrogens (tertiary/aromatic N) is 2. The maximum Gasteiger partial charge on any atom is 0.318 e. The first kappa shape index (κ1) is 17.8. The van der Waals surface area contributed by atoms with Gasteiger partial charge in [0.05, 0.1) is 12.6 Å². The van der Waals surface area contributed by atoms with Crippen molar-refractivity contribution in [2.45, 2.75) is 45.2 Å². The highest BCUT2D eigenvalue weighted by atomic mass is 16.5. The van der Waals surface area contributed by atoms with Crippen molar-refractivity contribution < 1.29 is 9.53 Å². The minimum absolute atomic E-state index is 0.00480. The molecule has 1 N–H and O–H groups in total. The summed E-state index contributed by atoms with van der Waals surface area (Å²) >= 11 is 0. The lowest BCUT2D eigenvalue weighted by molar-refractivity contribution is 0.192. The number of likely N-dealkylation sites (tertiary alicyclic amines) is 1. The number of carbonyl (C=O) groups excluding carboxylic acids is 1. The highest BCUT2D eigenvalue weighted by Crippen LogP contribution is 2.33. The van der Waals surface area contributed by atoms with Gasteiger partial charge in [-0.1, -0.05) is 30.3 Å². The van der Waals surface area contributed by atoms with E-state index in [9.17, 15) is 4.79 Å². The van der Waals surface area contributed by atoms with Crippen LogP contribution in [0.4, 0.5) is 4.79 Å². The van der Waals surface area contributed by atoms with Crippen LogP contribution in [0.1, 0.15) is 48.4 Å². The molecule has 1 aliphatic carbocycles. The molecule has 1 aromatic heterocycles. The summed E-state index contributed by atoms with van der Waals surface area (Å²) in [6.45, 7) is 4.16. The summed E-state index contributed by atoms with van der Waals surface area (Å²) in [7, 11) is 0. The minimum Gasteiger partial charge on any atom is -0.477 e. The molecule has 4 rings (SSSR count). The number of benzene rings is 1. The topological polar surface area (TPSA) is 54.5 Å². The van der Waals surface area contributed by atoms with Crippen molar-refractivity contribution in [2.24, 2.45) is 5.92 Å². The number of carbonyl (C=O) groups is 1. The molecule has 2 aliphatic rings. The quantitative estimate of drug-likeness (QED) is 0.834. The van der Waals surface area contributed by atoms with Gasteiger partial charge < -0.3 is 15.0 Å². The van der Waals surface area contributed by atoms with Gasteiger partial charge in [0.25, 0.3) is 0 Å². The van der Waals surface area contributed by atoms with E-state index in [4.69, 9.17) is 4.74 Å². The normalized spacial score (nSPS) is 19.1. The van der Waals surface area contributed by atoms with Crippen LogP contribution in [0, 0.1) is 12.8 Å². The van der Waals surface area contributed by atoms with E-state index in [1.807, 2.05) is 23.1 Å². The Bertz CT molecular complexity index is 786. The zero-order valence-corrected chi connectivity index (χ0v) is 15.9. The van der Waals surface area contributed by atoms with Crippen LogP contribution in [-0.4, -0.2) is 29.1 Å². The second-order valence-electron chi connectivity index (χ2n) is 7.63. The molecule has 2 fully saturated rings. The molecule has 1 saturated carbocycles. The number of urea groups is 1. The average molecular weight is 365 g/mol. The number of rotatable bonds is 6. The number of amides is 2. The van der Waals surface area contributed by atoms with E-state index in [1.165, 1.54) is 24.0 Å². The maximum atomic E-state index is 12.7. The molecule has 2 amide bonds. The van der Waals surface area contributed by atoms with E-state index in [1.54, 1.807) is 6.20 Å². The van der Waals surface area contributed by atoms with Crippen molar-refractivity contribution >= 4 is 6.03 Å². The Kier molecular flexibility index (Phi) is 5.28. The Morgan fingerprint density at radius 1 is 1.22 bits per heavy atom. The molecule has 142 valence electrons. The van der Waals surface area contributed by atoms with E-state index in [-0.39, 0.29) is 12.1 Å². The van der Waals surface area contributed by atoms with Crippen LogP contribution in [0.5, 0.6) is 5.88 Å². The largest absolute Gasteiger partial charge is 0.477 e. The fourth-order valence-electron chi connectivity index (χ4n) is 3.66. The molecule has 1 saturated heterocycles. The molecular weight excluding hydrogens is 338 g/mol. The summed E-state index contributed by atoms with van der Waals surface area (Å²) < 4.78 is 5.66. The second kappa shape index (κ2) is 7.99. The van der Waals surface area contributed by atoms with E-state index in [0.29, 0.717) is 18.3 Å². The molecule has 0 radical (unpaired) electrons. The lowest BCUT2D eigenvalue weighted by Crippen LogP contribution is -2.39. The van der Waals surface area contributed by atoms with Crippen molar-refractivity contribution in [3.8, 4) is 5.88 Å². The molecule has 2 heterocycles. The smallest absolute Gasteiger partial charge is 0.318 e. The second-order valence-corrected chi connectivity index (χ2v) is 7.63. The maximum absolute atomic E-state index is 12.7. The molecular formula is C22H27N3O2. The van der Waals surface area contributed by atoms with Gasteiger partial charge in [0.2, 0.25) is 5.88 Å². The monoisotopic (exact) mass is 365 g/mol. The van der Waals surface area contributed by atoms with Crippen LogP contribution >= 0.6 is 0 Å². The van der Waals surface area contributed by atoms with Gasteiger partial charge in [-0.05, 0) is 55.2 Å². The molecule has 0 spiro atoms. The predicted octanol–water partition coefficient (Wildman–Crippen LogP) is 4.23. The number of hydrogen-bond donors (Lipinski definition) is 1. The summed E-state index contributed by atoms with van der Waals surface area (Å²) in [6.07, 6.45) is 6.38. The van der Waals surface area contributed by atoms with Crippen molar-refractivity contribution in [2.75, 3.05) is 13.2 Å². The third-order valence-electron chi connectivity index (χ3n) is 5.47. The van der Waals surface area contributed by atoms with E-state index in [2.05, 4.69) is 35.4 Å². The Hall–Kier alpha value is -2.56. The molecule has 1 aromatic carbocycles. The molecule has 1 aliphatic heterocycles. The fraction of sp³-hybridized carbons (Fsp3) is 0.455. The molecule has 1 atom stereocenters. The van der Waals surface area contributed by atoms with Crippen molar-refractivity contribution in [3.05, 3.63) is 59.3 Å². The van der Waals surface area contributed by atoms with Crippen LogP contribution in [0.3, 0.4) is 0 Å². The van der Waals surface area contributed by atoms with E-state index < -0.39 is 0 Å². The van der Waals surface area contributed by atoms with Gasteiger partial charge in [0, 0.05) is 25.4 Å². The lowest BCUT2D eigenvalue weighted by Gasteiger charge is -2.26. The Labute approximate surface area is 160 Å². The van der Waals surface area contributed by atoms with Crippen molar-refractivity contribution in [3.63, 3.8) is 0 Å². The summed E-state index contributed by atoms with van der Waals surface area (Å²) in [4.78, 5) is 19.0. The van der Waals surface area contributed by atoms with Crippen LogP contribution in [-0.2, 0) is 6.54 Å². The van der Waals surface area contributed by atoms with Crippen molar-refractivity contribution in [1.82, 2.24) is 15.2 Å². The summed E-state index contributed by atoms with van der Waals surface area (Å²) in [5.74, 6) is 1.38. The number of hydrogen-bond acceptors (Lipinski definition) is 3. The Morgan fingerprint density at radius 2 is 2.07 bits per heavy atom. The standard InChI is InChI=1S/C22H27N3O2/c1-16-5-2-3-6-19(16)20-7-4-12-25(20)22(26)24-14-18-10-11-21(23-13-18)27-15-17-8-9-17/h2-3,5-6,10-11,13,17,20H,4,7-9,12,14-15H2,1H3,(H,24,26). The zero-order valence-electron chi connectivity index (χ0n) is 15.9. The average Bonchev–Trinajstić information content (AvgIpc) is 3.40. The SMILES string of the molecule is Cc1ccccc1C1CCCN1C(=O)NCc1ccc(OCC2CC2)nc1. The van der Waals surface area contributed by atoms with Gasteiger partial charge in [-0.25, -0.2) is 9.78 Å².